The Morgan fingerprint density at radius 3 is 2.40 bits per heavy atom. The summed E-state index contributed by atoms with van der Waals surface area (Å²) in [7, 11) is 6.83. The highest BCUT2D eigenvalue weighted by atomic mass is 16.5. The summed E-state index contributed by atoms with van der Waals surface area (Å²) in [5, 5.41) is 11.4. The summed E-state index contributed by atoms with van der Waals surface area (Å²) in [4.78, 5) is 34.1. The number of Topliss-reactive ketones (excluding diaryl/α,β-unsaturated/α-hetero) is 1. The van der Waals surface area contributed by atoms with Crippen LogP contribution in [-0.2, 0) is 16.1 Å². The van der Waals surface area contributed by atoms with Gasteiger partial charge in [0.15, 0.2) is 0 Å². The highest BCUT2D eigenvalue weighted by Gasteiger charge is 2.46. The number of pyridine rings is 1. The van der Waals surface area contributed by atoms with Crippen LogP contribution in [0, 0.1) is 0 Å². The van der Waals surface area contributed by atoms with E-state index in [-0.39, 0.29) is 23.4 Å². The molecule has 2 aromatic carbocycles. The number of amides is 1. The molecule has 1 aromatic heterocycles. The minimum absolute atomic E-state index is 0.0111. The molecule has 4 rings (SSSR count). The quantitative estimate of drug-likeness (QED) is 0.317. The molecule has 1 aliphatic rings. The number of aromatic nitrogens is 1. The Hall–Kier alpha value is -4.33. The van der Waals surface area contributed by atoms with Crippen molar-refractivity contribution >= 4 is 23.1 Å². The molecule has 8 heteroatoms. The molecular formula is C27H27N3O5. The zero-order valence-corrected chi connectivity index (χ0v) is 20.1. The van der Waals surface area contributed by atoms with Crippen molar-refractivity contribution in [2.45, 2.75) is 12.6 Å². The molecule has 0 aliphatic carbocycles. The van der Waals surface area contributed by atoms with Crippen molar-refractivity contribution in [2.24, 2.45) is 0 Å². The van der Waals surface area contributed by atoms with Crippen LogP contribution in [0.4, 0.5) is 5.69 Å². The summed E-state index contributed by atoms with van der Waals surface area (Å²) in [6.07, 6.45) is 3.29. The zero-order chi connectivity index (χ0) is 25.1. The van der Waals surface area contributed by atoms with E-state index in [1.807, 2.05) is 49.3 Å². The number of benzene rings is 2. The van der Waals surface area contributed by atoms with E-state index in [0.717, 1.165) is 11.3 Å². The van der Waals surface area contributed by atoms with Crippen LogP contribution in [0.15, 0.2) is 72.6 Å². The molecule has 0 radical (unpaired) electrons. The number of carbonyl (C=O) groups excluding carboxylic acids is 2. The van der Waals surface area contributed by atoms with Gasteiger partial charge in [0.2, 0.25) is 0 Å². The van der Waals surface area contributed by atoms with Gasteiger partial charge in [-0.2, -0.15) is 0 Å². The number of ketones is 1. The summed E-state index contributed by atoms with van der Waals surface area (Å²) in [6.45, 7) is 0.157. The maximum absolute atomic E-state index is 13.3. The van der Waals surface area contributed by atoms with Gasteiger partial charge in [-0.1, -0.05) is 18.2 Å². The van der Waals surface area contributed by atoms with Gasteiger partial charge in [-0.05, 0) is 47.5 Å². The molecule has 0 spiro atoms. The third kappa shape index (κ3) is 4.55. The molecular weight excluding hydrogens is 446 g/mol. The largest absolute Gasteiger partial charge is 0.507 e. The number of methoxy groups -OCH3 is 2. The molecule has 35 heavy (non-hydrogen) atoms. The van der Waals surface area contributed by atoms with Crippen LogP contribution in [0.5, 0.6) is 11.5 Å². The van der Waals surface area contributed by atoms with E-state index in [2.05, 4.69) is 4.98 Å². The average molecular weight is 474 g/mol. The predicted molar refractivity (Wildman–Crippen MR) is 132 cm³/mol. The number of nitrogens with zero attached hydrogens (tertiary/aromatic N) is 3. The van der Waals surface area contributed by atoms with Gasteiger partial charge < -0.3 is 24.4 Å². The second kappa shape index (κ2) is 9.89. The lowest BCUT2D eigenvalue weighted by molar-refractivity contribution is -0.140. The minimum atomic E-state index is -0.803. The molecule has 1 amide bonds. The third-order valence-corrected chi connectivity index (χ3v) is 6.00. The molecule has 1 N–H and O–H groups in total. The van der Waals surface area contributed by atoms with E-state index < -0.39 is 17.7 Å². The number of hydrogen-bond acceptors (Lipinski definition) is 7. The lowest BCUT2D eigenvalue weighted by Gasteiger charge is -2.26. The van der Waals surface area contributed by atoms with Crippen molar-refractivity contribution in [1.82, 2.24) is 9.88 Å². The molecule has 2 heterocycles. The fourth-order valence-corrected chi connectivity index (χ4v) is 4.18. The molecule has 8 nitrogen and oxygen atoms in total. The number of carbonyl (C=O) groups is 2. The Labute approximate surface area is 204 Å². The van der Waals surface area contributed by atoms with E-state index >= 15 is 0 Å². The number of anilines is 1. The molecule has 1 atom stereocenters. The van der Waals surface area contributed by atoms with E-state index in [1.54, 1.807) is 36.7 Å². The summed E-state index contributed by atoms with van der Waals surface area (Å²) in [5.74, 6) is -0.960. The Kier molecular flexibility index (Phi) is 6.73. The van der Waals surface area contributed by atoms with Gasteiger partial charge in [-0.25, -0.2) is 0 Å². The maximum atomic E-state index is 13.3. The average Bonchev–Trinajstić information content (AvgIpc) is 3.13. The Bertz CT molecular complexity index is 1270. The lowest BCUT2D eigenvalue weighted by Crippen LogP contribution is -2.29. The van der Waals surface area contributed by atoms with Gasteiger partial charge in [0.1, 0.15) is 17.3 Å². The predicted octanol–water partition coefficient (Wildman–Crippen LogP) is 3.79. The van der Waals surface area contributed by atoms with Crippen LogP contribution in [0.25, 0.3) is 5.76 Å². The van der Waals surface area contributed by atoms with Crippen LogP contribution < -0.4 is 14.4 Å². The van der Waals surface area contributed by atoms with E-state index in [1.165, 1.54) is 19.1 Å². The lowest BCUT2D eigenvalue weighted by atomic mass is 9.94. The van der Waals surface area contributed by atoms with Crippen LogP contribution >= 0.6 is 0 Å². The highest BCUT2D eigenvalue weighted by Crippen LogP contribution is 2.42. The first-order valence-electron chi connectivity index (χ1n) is 11.0. The Morgan fingerprint density at radius 2 is 1.80 bits per heavy atom. The van der Waals surface area contributed by atoms with Crippen molar-refractivity contribution in [3.63, 3.8) is 0 Å². The van der Waals surface area contributed by atoms with Gasteiger partial charge in [0, 0.05) is 38.7 Å². The van der Waals surface area contributed by atoms with Gasteiger partial charge in [0.25, 0.3) is 11.7 Å². The van der Waals surface area contributed by atoms with Crippen molar-refractivity contribution in [3.8, 4) is 11.5 Å². The molecule has 1 saturated heterocycles. The number of hydrogen-bond donors (Lipinski definition) is 1. The van der Waals surface area contributed by atoms with Gasteiger partial charge in [-0.3, -0.25) is 14.6 Å². The molecule has 3 aromatic rings. The standard InChI is InChI=1S/C27H27N3O5/c1-29(2)19-9-7-18(8-10-19)24-23(25(31)21-14-20(34-3)11-12-22(21)35-4)26(32)27(33)30(24)16-17-6-5-13-28-15-17/h5-15,24,31H,16H2,1-4H3/b25-23+. The second-order valence-corrected chi connectivity index (χ2v) is 8.34. The first-order valence-corrected chi connectivity index (χ1v) is 11.0. The van der Waals surface area contributed by atoms with Crippen LogP contribution in [0.3, 0.4) is 0 Å². The highest BCUT2D eigenvalue weighted by molar-refractivity contribution is 6.46. The Balaban J connectivity index is 1.90. The summed E-state index contributed by atoms with van der Waals surface area (Å²) in [5.41, 5.74) is 2.68. The fraction of sp³-hybridized carbons (Fsp3) is 0.222. The summed E-state index contributed by atoms with van der Waals surface area (Å²) >= 11 is 0. The van der Waals surface area contributed by atoms with Crippen LogP contribution in [0.1, 0.15) is 22.7 Å². The normalized spacial score (nSPS) is 16.9. The van der Waals surface area contributed by atoms with Crippen molar-refractivity contribution < 1.29 is 24.2 Å². The monoisotopic (exact) mass is 473 g/mol. The first kappa shape index (κ1) is 23.8. The number of ether oxygens (including phenoxy) is 2. The second-order valence-electron chi connectivity index (χ2n) is 8.34. The number of likely N-dealkylation sites (tertiary alicyclic amines) is 1. The third-order valence-electron chi connectivity index (χ3n) is 6.00. The maximum Gasteiger partial charge on any atom is 0.295 e. The molecule has 1 unspecified atom stereocenters. The van der Waals surface area contributed by atoms with Crippen molar-refractivity contribution in [1.29, 1.82) is 0 Å². The number of aliphatic hydroxyl groups is 1. The SMILES string of the molecule is COc1ccc(OC)c(/C(O)=C2\C(=O)C(=O)N(Cc3cccnc3)C2c2ccc(N(C)C)cc2)c1. The van der Waals surface area contributed by atoms with Gasteiger partial charge in [0.05, 0.1) is 31.4 Å². The molecule has 0 bridgehead atoms. The number of aliphatic hydroxyl groups excluding tert-OH is 1. The number of rotatable bonds is 7. The molecule has 0 saturated carbocycles. The van der Waals surface area contributed by atoms with Gasteiger partial charge >= 0.3 is 0 Å². The van der Waals surface area contributed by atoms with E-state index in [9.17, 15) is 14.7 Å². The fourth-order valence-electron chi connectivity index (χ4n) is 4.18. The topological polar surface area (TPSA) is 92.2 Å². The first-order chi connectivity index (χ1) is 16.8. The Morgan fingerprint density at radius 1 is 1.06 bits per heavy atom. The van der Waals surface area contributed by atoms with E-state index in [4.69, 9.17) is 9.47 Å². The molecule has 180 valence electrons. The minimum Gasteiger partial charge on any atom is -0.507 e. The molecule has 1 aliphatic heterocycles. The van der Waals surface area contributed by atoms with Crippen LogP contribution in [-0.4, -0.2) is 55.0 Å². The van der Waals surface area contributed by atoms with Gasteiger partial charge in [-0.15, -0.1) is 0 Å². The summed E-state index contributed by atoms with van der Waals surface area (Å²) < 4.78 is 10.7. The van der Waals surface area contributed by atoms with Crippen LogP contribution in [0.2, 0.25) is 0 Å². The van der Waals surface area contributed by atoms with Crippen molar-refractivity contribution in [2.75, 3.05) is 33.2 Å². The summed E-state index contributed by atoms with van der Waals surface area (Å²) in [6, 6.07) is 15.2. The smallest absolute Gasteiger partial charge is 0.295 e. The van der Waals surface area contributed by atoms with E-state index in [0.29, 0.717) is 17.1 Å². The zero-order valence-electron chi connectivity index (χ0n) is 20.1. The molecule has 1 fully saturated rings. The van der Waals surface area contributed by atoms with Crippen molar-refractivity contribution in [3.05, 3.63) is 89.3 Å².